The first-order chi connectivity index (χ1) is 9.96. The van der Waals surface area contributed by atoms with Crippen molar-refractivity contribution < 1.29 is 9.90 Å². The molecule has 0 bridgehead atoms. The summed E-state index contributed by atoms with van der Waals surface area (Å²) in [5.41, 5.74) is 0.750. The largest absolute Gasteiger partial charge is 0.393 e. The van der Waals surface area contributed by atoms with Gasteiger partial charge in [-0.1, -0.05) is 32.0 Å². The van der Waals surface area contributed by atoms with Gasteiger partial charge in [-0.25, -0.2) is 0 Å². The minimum Gasteiger partial charge on any atom is -0.393 e. The van der Waals surface area contributed by atoms with E-state index in [2.05, 4.69) is 13.8 Å². The molecule has 112 valence electrons. The quantitative estimate of drug-likeness (QED) is 0.875. The molecule has 0 spiro atoms. The zero-order chi connectivity index (χ0) is 15.0. The topological polar surface area (TPSA) is 40.5 Å². The minimum atomic E-state index is -0.308. The summed E-state index contributed by atoms with van der Waals surface area (Å²) in [5.74, 6) is 0.0922. The number of aliphatic hydroxyl groups is 1. The molecule has 21 heavy (non-hydrogen) atoms. The lowest BCUT2D eigenvalue weighted by Gasteiger charge is -2.29. The van der Waals surface area contributed by atoms with Gasteiger partial charge in [-0.05, 0) is 24.3 Å². The lowest BCUT2D eigenvalue weighted by atomic mass is 9.87. The van der Waals surface area contributed by atoms with Crippen LogP contribution in [-0.2, 0) is 0 Å². The number of carbonyl (C=O) groups is 1. The highest BCUT2D eigenvalue weighted by atomic mass is 32.1. The fraction of sp³-hybridized carbons (Fsp3) is 0.471. The molecule has 1 aromatic heterocycles. The van der Waals surface area contributed by atoms with Crippen LogP contribution in [0.3, 0.4) is 0 Å². The molecule has 0 radical (unpaired) electrons. The van der Waals surface area contributed by atoms with E-state index in [9.17, 15) is 9.90 Å². The first kappa shape index (κ1) is 14.5. The van der Waals surface area contributed by atoms with Crippen LogP contribution in [0.5, 0.6) is 0 Å². The van der Waals surface area contributed by atoms with Crippen molar-refractivity contribution in [3.63, 3.8) is 0 Å². The maximum absolute atomic E-state index is 12.9. The molecular formula is C17H21NO2S. The fourth-order valence-corrected chi connectivity index (χ4v) is 4.13. The van der Waals surface area contributed by atoms with Gasteiger partial charge in [0.2, 0.25) is 0 Å². The minimum absolute atomic E-state index is 0.0442. The van der Waals surface area contributed by atoms with Crippen molar-refractivity contribution in [3.8, 4) is 0 Å². The van der Waals surface area contributed by atoms with Gasteiger partial charge in [0, 0.05) is 28.6 Å². The van der Waals surface area contributed by atoms with Crippen LogP contribution in [0.1, 0.15) is 37.0 Å². The van der Waals surface area contributed by atoms with Crippen molar-refractivity contribution in [1.82, 2.24) is 4.90 Å². The van der Waals surface area contributed by atoms with E-state index in [-0.39, 0.29) is 17.4 Å². The van der Waals surface area contributed by atoms with Gasteiger partial charge in [0.25, 0.3) is 5.91 Å². The third kappa shape index (κ3) is 2.97. The lowest BCUT2D eigenvalue weighted by molar-refractivity contribution is 0.0707. The third-order valence-corrected chi connectivity index (χ3v) is 5.10. The second kappa shape index (κ2) is 5.43. The van der Waals surface area contributed by atoms with Gasteiger partial charge in [0.05, 0.1) is 11.7 Å². The summed E-state index contributed by atoms with van der Waals surface area (Å²) in [5, 5.41) is 13.0. The molecule has 1 N–H and O–H groups in total. The molecule has 1 atom stereocenters. The molecule has 1 aromatic carbocycles. The Bertz CT molecular complexity index is 662. The SMILES string of the molecule is CC1(C)C[C@H](O)CCN(C(=O)c2csc3ccccc23)C1. The summed E-state index contributed by atoms with van der Waals surface area (Å²) < 4.78 is 1.15. The van der Waals surface area contributed by atoms with E-state index in [0.717, 1.165) is 22.1 Å². The summed E-state index contributed by atoms with van der Waals surface area (Å²) in [7, 11) is 0. The average molecular weight is 303 g/mol. The van der Waals surface area contributed by atoms with E-state index in [1.165, 1.54) is 0 Å². The van der Waals surface area contributed by atoms with Gasteiger partial charge in [-0.3, -0.25) is 4.79 Å². The number of nitrogens with zero attached hydrogens (tertiary/aromatic N) is 1. The monoisotopic (exact) mass is 303 g/mol. The molecule has 2 aromatic rings. The number of rotatable bonds is 1. The second-order valence-corrected chi connectivity index (χ2v) is 7.59. The van der Waals surface area contributed by atoms with Crippen molar-refractivity contribution in [3.05, 3.63) is 35.2 Å². The standard InChI is InChI=1S/C17H21NO2S/c1-17(2)9-12(19)7-8-18(11-17)16(20)14-10-21-15-6-4-3-5-13(14)15/h3-6,10,12,19H,7-9,11H2,1-2H3/t12-/m1/s1. The van der Waals surface area contributed by atoms with Crippen LogP contribution >= 0.6 is 11.3 Å². The Hall–Kier alpha value is -1.39. The van der Waals surface area contributed by atoms with Crippen LogP contribution in [0.25, 0.3) is 10.1 Å². The Kier molecular flexibility index (Phi) is 3.76. The van der Waals surface area contributed by atoms with Crippen molar-refractivity contribution in [2.24, 2.45) is 5.41 Å². The zero-order valence-corrected chi connectivity index (χ0v) is 13.3. The molecule has 0 unspecified atom stereocenters. The van der Waals surface area contributed by atoms with Gasteiger partial charge >= 0.3 is 0 Å². The number of thiophene rings is 1. The summed E-state index contributed by atoms with van der Waals surface area (Å²) in [6.07, 6.45) is 1.11. The van der Waals surface area contributed by atoms with Gasteiger partial charge < -0.3 is 10.0 Å². The smallest absolute Gasteiger partial charge is 0.255 e. The van der Waals surface area contributed by atoms with Gasteiger partial charge in [0.15, 0.2) is 0 Å². The number of carbonyl (C=O) groups excluding carboxylic acids is 1. The van der Waals surface area contributed by atoms with Crippen LogP contribution in [0.15, 0.2) is 29.6 Å². The van der Waals surface area contributed by atoms with Crippen molar-refractivity contribution in [2.45, 2.75) is 32.8 Å². The average Bonchev–Trinajstić information content (AvgIpc) is 2.79. The Balaban J connectivity index is 1.90. The summed E-state index contributed by atoms with van der Waals surface area (Å²) in [6, 6.07) is 8.03. The van der Waals surface area contributed by atoms with E-state index in [1.807, 2.05) is 34.5 Å². The number of aliphatic hydroxyl groups excluding tert-OH is 1. The molecule has 1 aliphatic heterocycles. The molecule has 4 heteroatoms. The number of hydrogen-bond acceptors (Lipinski definition) is 3. The van der Waals surface area contributed by atoms with E-state index < -0.39 is 0 Å². The Morgan fingerprint density at radius 2 is 2.14 bits per heavy atom. The Morgan fingerprint density at radius 3 is 2.95 bits per heavy atom. The number of hydrogen-bond donors (Lipinski definition) is 1. The maximum atomic E-state index is 12.9. The molecule has 3 rings (SSSR count). The predicted molar refractivity (Wildman–Crippen MR) is 86.8 cm³/mol. The molecular weight excluding hydrogens is 282 g/mol. The molecule has 2 heterocycles. The fourth-order valence-electron chi connectivity index (χ4n) is 3.19. The number of benzene rings is 1. The third-order valence-electron chi connectivity index (χ3n) is 4.14. The van der Waals surface area contributed by atoms with Crippen molar-refractivity contribution >= 4 is 27.3 Å². The zero-order valence-electron chi connectivity index (χ0n) is 12.5. The Morgan fingerprint density at radius 1 is 1.38 bits per heavy atom. The van der Waals surface area contributed by atoms with Crippen LogP contribution in [0.2, 0.25) is 0 Å². The van der Waals surface area contributed by atoms with E-state index in [4.69, 9.17) is 0 Å². The number of fused-ring (bicyclic) bond motifs is 1. The van der Waals surface area contributed by atoms with E-state index in [0.29, 0.717) is 19.5 Å². The van der Waals surface area contributed by atoms with Crippen molar-refractivity contribution in [1.29, 1.82) is 0 Å². The van der Waals surface area contributed by atoms with Crippen LogP contribution < -0.4 is 0 Å². The van der Waals surface area contributed by atoms with Crippen molar-refractivity contribution in [2.75, 3.05) is 13.1 Å². The van der Waals surface area contributed by atoms with Crippen LogP contribution in [0.4, 0.5) is 0 Å². The molecule has 0 aliphatic carbocycles. The van der Waals surface area contributed by atoms with Crippen LogP contribution in [0, 0.1) is 5.41 Å². The summed E-state index contributed by atoms with van der Waals surface area (Å²) in [4.78, 5) is 14.8. The molecule has 3 nitrogen and oxygen atoms in total. The van der Waals surface area contributed by atoms with Gasteiger partial charge in [-0.15, -0.1) is 11.3 Å². The second-order valence-electron chi connectivity index (χ2n) is 6.68. The lowest BCUT2D eigenvalue weighted by Crippen LogP contribution is -2.37. The summed E-state index contributed by atoms with van der Waals surface area (Å²) in [6.45, 7) is 5.57. The first-order valence-corrected chi connectivity index (χ1v) is 8.28. The van der Waals surface area contributed by atoms with Crippen LogP contribution in [-0.4, -0.2) is 35.1 Å². The molecule has 1 aliphatic rings. The number of amides is 1. The van der Waals surface area contributed by atoms with E-state index >= 15 is 0 Å². The highest BCUT2D eigenvalue weighted by molar-refractivity contribution is 7.17. The predicted octanol–water partition coefficient (Wildman–Crippen LogP) is 3.52. The molecule has 1 fully saturated rings. The maximum Gasteiger partial charge on any atom is 0.255 e. The van der Waals surface area contributed by atoms with Gasteiger partial charge in [-0.2, -0.15) is 0 Å². The van der Waals surface area contributed by atoms with Gasteiger partial charge in [0.1, 0.15) is 0 Å². The highest BCUT2D eigenvalue weighted by Gasteiger charge is 2.32. The molecule has 0 saturated carbocycles. The highest BCUT2D eigenvalue weighted by Crippen LogP contribution is 2.31. The van der Waals surface area contributed by atoms with E-state index in [1.54, 1.807) is 11.3 Å². The normalized spacial score (nSPS) is 22.2. The molecule has 1 amide bonds. The Labute approximate surface area is 129 Å². The summed E-state index contributed by atoms with van der Waals surface area (Å²) >= 11 is 1.62. The molecule has 1 saturated heterocycles. The number of likely N-dealkylation sites (tertiary alicyclic amines) is 1. The first-order valence-electron chi connectivity index (χ1n) is 7.40.